The Bertz CT molecular complexity index is 324. The lowest BCUT2D eigenvalue weighted by molar-refractivity contribution is 0.230. The van der Waals surface area contributed by atoms with Gasteiger partial charge in [0.2, 0.25) is 0 Å². The zero-order valence-corrected chi connectivity index (χ0v) is 14.4. The fourth-order valence-electron chi connectivity index (χ4n) is 4.13. The molecular formula is C17H34N4. The minimum Gasteiger partial charge on any atom is -0.355 e. The summed E-state index contributed by atoms with van der Waals surface area (Å²) in [5.41, 5.74) is 0. The largest absolute Gasteiger partial charge is 0.355 e. The van der Waals surface area contributed by atoms with Crippen molar-refractivity contribution < 1.29 is 0 Å². The molecule has 2 fully saturated rings. The van der Waals surface area contributed by atoms with Gasteiger partial charge in [-0.15, -0.1) is 0 Å². The molecule has 0 aromatic carbocycles. The molecule has 3 atom stereocenters. The molecule has 0 radical (unpaired) electrons. The highest BCUT2D eigenvalue weighted by Crippen LogP contribution is 2.35. The number of hydrogen-bond donors (Lipinski definition) is 1. The summed E-state index contributed by atoms with van der Waals surface area (Å²) in [5.74, 6) is 2.94. The molecule has 3 unspecified atom stereocenters. The van der Waals surface area contributed by atoms with E-state index >= 15 is 0 Å². The first-order valence-electron chi connectivity index (χ1n) is 8.89. The Balaban J connectivity index is 1.83. The van der Waals surface area contributed by atoms with Gasteiger partial charge in [0.1, 0.15) is 0 Å². The van der Waals surface area contributed by atoms with Gasteiger partial charge in [0, 0.05) is 32.7 Å². The molecule has 0 bridgehead atoms. The molecule has 0 amide bonds. The Kier molecular flexibility index (Phi) is 6.34. The van der Waals surface area contributed by atoms with E-state index in [1.807, 2.05) is 7.05 Å². The summed E-state index contributed by atoms with van der Waals surface area (Å²) < 4.78 is 0. The smallest absolute Gasteiger partial charge is 0.193 e. The van der Waals surface area contributed by atoms with Crippen molar-refractivity contribution in [1.82, 2.24) is 15.1 Å². The number of likely N-dealkylation sites (N-methyl/N-ethyl adjacent to an activating group) is 1. The SMILES string of the molecule is CCN(CC)C(C)CNC(=NC)N1CC2CCCCC2C1. The Hall–Kier alpha value is -0.770. The molecule has 1 saturated carbocycles. The Labute approximate surface area is 131 Å². The topological polar surface area (TPSA) is 30.9 Å². The minimum absolute atomic E-state index is 0.557. The molecule has 122 valence electrons. The standard InChI is InChI=1S/C17H34N4/c1-5-20(6-2)14(3)11-19-17(18-4)21-12-15-9-7-8-10-16(15)13-21/h14-16H,5-13H2,1-4H3,(H,18,19). The van der Waals surface area contributed by atoms with Crippen molar-refractivity contribution in [2.24, 2.45) is 16.8 Å². The lowest BCUT2D eigenvalue weighted by atomic mass is 9.82. The second kappa shape index (κ2) is 8.02. The molecule has 1 heterocycles. The zero-order valence-electron chi connectivity index (χ0n) is 14.4. The molecule has 4 heteroatoms. The third-order valence-electron chi connectivity index (χ3n) is 5.48. The first-order valence-corrected chi connectivity index (χ1v) is 8.89. The molecular weight excluding hydrogens is 260 g/mol. The summed E-state index contributed by atoms with van der Waals surface area (Å²) in [6, 6.07) is 0.557. The van der Waals surface area contributed by atoms with Crippen LogP contribution in [0.5, 0.6) is 0 Å². The van der Waals surface area contributed by atoms with Gasteiger partial charge in [0.15, 0.2) is 5.96 Å². The number of rotatable bonds is 5. The highest BCUT2D eigenvalue weighted by Gasteiger charge is 2.35. The molecule has 4 nitrogen and oxygen atoms in total. The van der Waals surface area contributed by atoms with Crippen LogP contribution in [0.4, 0.5) is 0 Å². The number of nitrogens with one attached hydrogen (secondary N) is 1. The lowest BCUT2D eigenvalue weighted by Gasteiger charge is -2.29. The van der Waals surface area contributed by atoms with Crippen molar-refractivity contribution >= 4 is 5.96 Å². The number of guanidine groups is 1. The predicted molar refractivity (Wildman–Crippen MR) is 90.8 cm³/mol. The summed E-state index contributed by atoms with van der Waals surface area (Å²) in [4.78, 5) is 9.51. The van der Waals surface area contributed by atoms with E-state index in [1.165, 1.54) is 38.8 Å². The molecule has 1 saturated heterocycles. The van der Waals surface area contributed by atoms with Crippen molar-refractivity contribution in [3.05, 3.63) is 0 Å². The van der Waals surface area contributed by atoms with Gasteiger partial charge in [-0.3, -0.25) is 9.89 Å². The number of nitrogens with zero attached hydrogens (tertiary/aromatic N) is 3. The number of hydrogen-bond acceptors (Lipinski definition) is 2. The van der Waals surface area contributed by atoms with E-state index < -0.39 is 0 Å². The Morgan fingerprint density at radius 2 is 1.76 bits per heavy atom. The van der Waals surface area contributed by atoms with Gasteiger partial charge in [-0.25, -0.2) is 0 Å². The maximum Gasteiger partial charge on any atom is 0.193 e. The summed E-state index contributed by atoms with van der Waals surface area (Å²) >= 11 is 0. The van der Waals surface area contributed by atoms with Crippen LogP contribution in [0.15, 0.2) is 4.99 Å². The van der Waals surface area contributed by atoms with Crippen LogP contribution in [0.2, 0.25) is 0 Å². The van der Waals surface area contributed by atoms with Gasteiger partial charge in [-0.05, 0) is 44.7 Å². The molecule has 1 aliphatic carbocycles. The fraction of sp³-hybridized carbons (Fsp3) is 0.941. The van der Waals surface area contributed by atoms with Crippen LogP contribution in [0.3, 0.4) is 0 Å². The highest BCUT2D eigenvalue weighted by atomic mass is 15.3. The van der Waals surface area contributed by atoms with Crippen molar-refractivity contribution in [1.29, 1.82) is 0 Å². The maximum absolute atomic E-state index is 4.52. The molecule has 0 aromatic heterocycles. The monoisotopic (exact) mass is 294 g/mol. The molecule has 21 heavy (non-hydrogen) atoms. The third-order valence-corrected chi connectivity index (χ3v) is 5.48. The van der Waals surface area contributed by atoms with Gasteiger partial charge >= 0.3 is 0 Å². The van der Waals surface area contributed by atoms with Gasteiger partial charge in [-0.1, -0.05) is 26.7 Å². The van der Waals surface area contributed by atoms with E-state index in [0.717, 1.165) is 37.4 Å². The summed E-state index contributed by atoms with van der Waals surface area (Å²) in [6.45, 7) is 12.4. The first-order chi connectivity index (χ1) is 10.2. The number of likely N-dealkylation sites (tertiary alicyclic amines) is 1. The quantitative estimate of drug-likeness (QED) is 0.624. The highest BCUT2D eigenvalue weighted by molar-refractivity contribution is 5.80. The molecule has 2 rings (SSSR count). The molecule has 1 aliphatic heterocycles. The van der Waals surface area contributed by atoms with E-state index in [1.54, 1.807) is 0 Å². The van der Waals surface area contributed by atoms with Gasteiger partial charge in [0.25, 0.3) is 0 Å². The van der Waals surface area contributed by atoms with Crippen LogP contribution in [0.1, 0.15) is 46.5 Å². The van der Waals surface area contributed by atoms with Crippen LogP contribution in [-0.4, -0.2) is 61.6 Å². The third kappa shape index (κ3) is 4.12. The van der Waals surface area contributed by atoms with Crippen LogP contribution in [0.25, 0.3) is 0 Å². The van der Waals surface area contributed by atoms with E-state index in [9.17, 15) is 0 Å². The second-order valence-electron chi connectivity index (χ2n) is 6.71. The van der Waals surface area contributed by atoms with Crippen LogP contribution in [-0.2, 0) is 0 Å². The van der Waals surface area contributed by atoms with E-state index in [2.05, 4.69) is 40.9 Å². The number of fused-ring (bicyclic) bond motifs is 1. The summed E-state index contributed by atoms with van der Waals surface area (Å²) in [6.07, 6.45) is 5.71. The van der Waals surface area contributed by atoms with E-state index in [4.69, 9.17) is 0 Å². The van der Waals surface area contributed by atoms with E-state index in [0.29, 0.717) is 6.04 Å². The van der Waals surface area contributed by atoms with Crippen molar-refractivity contribution in [2.45, 2.75) is 52.5 Å². The Morgan fingerprint density at radius 3 is 2.24 bits per heavy atom. The molecule has 2 aliphatic rings. The normalized spacial score (nSPS) is 27.9. The van der Waals surface area contributed by atoms with Crippen LogP contribution in [0, 0.1) is 11.8 Å². The summed E-state index contributed by atoms with van der Waals surface area (Å²) in [5, 5.41) is 3.60. The number of aliphatic imine (C=N–C) groups is 1. The van der Waals surface area contributed by atoms with Crippen molar-refractivity contribution in [2.75, 3.05) is 39.8 Å². The maximum atomic E-state index is 4.52. The molecule has 1 N–H and O–H groups in total. The summed E-state index contributed by atoms with van der Waals surface area (Å²) in [7, 11) is 1.92. The predicted octanol–water partition coefficient (Wildman–Crippen LogP) is 2.41. The van der Waals surface area contributed by atoms with Crippen LogP contribution >= 0.6 is 0 Å². The van der Waals surface area contributed by atoms with Gasteiger partial charge < -0.3 is 10.2 Å². The van der Waals surface area contributed by atoms with Gasteiger partial charge in [-0.2, -0.15) is 0 Å². The van der Waals surface area contributed by atoms with Crippen molar-refractivity contribution in [3.63, 3.8) is 0 Å². The fourth-order valence-corrected chi connectivity index (χ4v) is 4.13. The molecule has 0 aromatic rings. The zero-order chi connectivity index (χ0) is 15.2. The average Bonchev–Trinajstić information content (AvgIpc) is 2.92. The lowest BCUT2D eigenvalue weighted by Crippen LogP contribution is -2.47. The molecule has 0 spiro atoms. The Morgan fingerprint density at radius 1 is 1.19 bits per heavy atom. The minimum atomic E-state index is 0.557. The average molecular weight is 294 g/mol. The van der Waals surface area contributed by atoms with Crippen LogP contribution < -0.4 is 5.32 Å². The second-order valence-corrected chi connectivity index (χ2v) is 6.71. The van der Waals surface area contributed by atoms with E-state index in [-0.39, 0.29) is 0 Å². The van der Waals surface area contributed by atoms with Crippen molar-refractivity contribution in [3.8, 4) is 0 Å². The first kappa shape index (κ1) is 16.6. The van der Waals surface area contributed by atoms with Gasteiger partial charge in [0.05, 0.1) is 0 Å².